The van der Waals surface area contributed by atoms with Crippen LogP contribution in [0.25, 0.3) is 11.1 Å². The van der Waals surface area contributed by atoms with Gasteiger partial charge in [0, 0.05) is 12.1 Å². The van der Waals surface area contributed by atoms with Crippen molar-refractivity contribution in [1.82, 2.24) is 4.90 Å². The van der Waals surface area contributed by atoms with Gasteiger partial charge < -0.3 is 14.2 Å². The third kappa shape index (κ3) is 3.82. The van der Waals surface area contributed by atoms with Crippen molar-refractivity contribution in [3.8, 4) is 28.4 Å². The van der Waals surface area contributed by atoms with Crippen LogP contribution in [0.2, 0.25) is 0 Å². The average Bonchev–Trinajstić information content (AvgIpc) is 3.15. The number of nitrogens with zero attached hydrogens (tertiary/aromatic N) is 1. The van der Waals surface area contributed by atoms with Gasteiger partial charge in [0.25, 0.3) is 0 Å². The first kappa shape index (κ1) is 16.7. The number of likely N-dealkylation sites (tertiary alicyclic amines) is 1. The molecule has 1 saturated heterocycles. The molecule has 4 heteroatoms. The molecule has 128 valence electrons. The molecule has 1 aliphatic rings. The lowest BCUT2D eigenvalue weighted by atomic mass is 10.0. The summed E-state index contributed by atoms with van der Waals surface area (Å²) in [5.74, 6) is 2.39. The second-order valence-electron chi connectivity index (χ2n) is 5.96. The summed E-state index contributed by atoms with van der Waals surface area (Å²) in [5, 5.41) is 0. The van der Waals surface area contributed by atoms with E-state index in [1.807, 2.05) is 30.3 Å². The fourth-order valence-electron chi connectivity index (χ4n) is 3.14. The minimum absolute atomic E-state index is 0.737. The van der Waals surface area contributed by atoms with Crippen molar-refractivity contribution in [2.45, 2.75) is 12.8 Å². The van der Waals surface area contributed by atoms with Crippen LogP contribution in [-0.4, -0.2) is 45.4 Å². The Bertz CT molecular complexity index is 648. The highest BCUT2D eigenvalue weighted by molar-refractivity contribution is 5.74. The highest BCUT2D eigenvalue weighted by Gasteiger charge is 2.12. The Hall–Kier alpha value is -2.20. The van der Waals surface area contributed by atoms with Crippen LogP contribution in [0.5, 0.6) is 17.2 Å². The zero-order chi connectivity index (χ0) is 16.8. The summed E-state index contributed by atoms with van der Waals surface area (Å²) >= 11 is 0. The molecule has 24 heavy (non-hydrogen) atoms. The summed E-state index contributed by atoms with van der Waals surface area (Å²) in [5.41, 5.74) is 2.10. The molecule has 1 heterocycles. The van der Waals surface area contributed by atoms with Gasteiger partial charge in [0.05, 0.1) is 14.2 Å². The predicted molar refractivity (Wildman–Crippen MR) is 96.2 cm³/mol. The van der Waals surface area contributed by atoms with Gasteiger partial charge in [-0.15, -0.1) is 0 Å². The standard InChI is InChI=1S/C20H25NO3/c1-22-19-7-5-6-18(20(19)23-2)16-8-10-17(11-9-16)24-15-14-21-12-3-4-13-21/h5-11H,3-4,12-15H2,1-2H3. The van der Waals surface area contributed by atoms with Crippen molar-refractivity contribution in [3.63, 3.8) is 0 Å². The van der Waals surface area contributed by atoms with Crippen LogP contribution in [0.3, 0.4) is 0 Å². The minimum Gasteiger partial charge on any atom is -0.493 e. The van der Waals surface area contributed by atoms with Crippen molar-refractivity contribution in [3.05, 3.63) is 42.5 Å². The van der Waals surface area contributed by atoms with Gasteiger partial charge in [-0.1, -0.05) is 24.3 Å². The van der Waals surface area contributed by atoms with Crippen LogP contribution in [-0.2, 0) is 0 Å². The number of ether oxygens (including phenoxy) is 3. The first-order valence-corrected chi connectivity index (χ1v) is 8.48. The number of hydrogen-bond acceptors (Lipinski definition) is 4. The summed E-state index contributed by atoms with van der Waals surface area (Å²) < 4.78 is 16.7. The van der Waals surface area contributed by atoms with Crippen LogP contribution in [0.15, 0.2) is 42.5 Å². The maximum absolute atomic E-state index is 5.86. The topological polar surface area (TPSA) is 30.9 Å². The molecule has 0 N–H and O–H groups in total. The number of rotatable bonds is 7. The summed E-state index contributed by atoms with van der Waals surface area (Å²) in [6.07, 6.45) is 2.63. The lowest BCUT2D eigenvalue weighted by molar-refractivity contribution is 0.238. The van der Waals surface area contributed by atoms with Crippen LogP contribution in [0.1, 0.15) is 12.8 Å². The summed E-state index contributed by atoms with van der Waals surface area (Å²) in [7, 11) is 3.32. The normalized spacial score (nSPS) is 14.6. The van der Waals surface area contributed by atoms with Gasteiger partial charge in [0.15, 0.2) is 11.5 Å². The number of methoxy groups -OCH3 is 2. The van der Waals surface area contributed by atoms with Gasteiger partial charge in [-0.05, 0) is 49.7 Å². The molecule has 0 bridgehead atoms. The van der Waals surface area contributed by atoms with Gasteiger partial charge in [0.2, 0.25) is 0 Å². The van der Waals surface area contributed by atoms with E-state index in [-0.39, 0.29) is 0 Å². The van der Waals surface area contributed by atoms with Gasteiger partial charge in [-0.3, -0.25) is 4.90 Å². The minimum atomic E-state index is 0.737. The van der Waals surface area contributed by atoms with E-state index in [0.717, 1.165) is 41.5 Å². The maximum Gasteiger partial charge on any atom is 0.168 e. The number of hydrogen-bond donors (Lipinski definition) is 0. The molecule has 2 aromatic carbocycles. The van der Waals surface area contributed by atoms with Crippen molar-refractivity contribution in [2.24, 2.45) is 0 Å². The van der Waals surface area contributed by atoms with Crippen molar-refractivity contribution in [1.29, 1.82) is 0 Å². The fourth-order valence-corrected chi connectivity index (χ4v) is 3.14. The predicted octanol–water partition coefficient (Wildman–Crippen LogP) is 3.85. The Kier molecular flexibility index (Phi) is 5.59. The first-order chi connectivity index (χ1) is 11.8. The third-order valence-electron chi connectivity index (χ3n) is 4.44. The van der Waals surface area contributed by atoms with E-state index < -0.39 is 0 Å². The van der Waals surface area contributed by atoms with E-state index in [9.17, 15) is 0 Å². The monoisotopic (exact) mass is 327 g/mol. The largest absolute Gasteiger partial charge is 0.493 e. The fraction of sp³-hybridized carbons (Fsp3) is 0.400. The van der Waals surface area contributed by atoms with Crippen molar-refractivity contribution in [2.75, 3.05) is 40.5 Å². The van der Waals surface area contributed by atoms with E-state index in [4.69, 9.17) is 14.2 Å². The Morgan fingerprint density at radius 3 is 2.33 bits per heavy atom. The molecule has 0 atom stereocenters. The molecule has 0 saturated carbocycles. The molecule has 2 aromatic rings. The Labute approximate surface area is 144 Å². The van der Waals surface area contributed by atoms with Gasteiger partial charge in [-0.2, -0.15) is 0 Å². The molecule has 0 aromatic heterocycles. The van der Waals surface area contributed by atoms with Crippen LogP contribution < -0.4 is 14.2 Å². The lowest BCUT2D eigenvalue weighted by Gasteiger charge is -2.15. The maximum atomic E-state index is 5.86. The highest BCUT2D eigenvalue weighted by atomic mass is 16.5. The van der Waals surface area contributed by atoms with Gasteiger partial charge >= 0.3 is 0 Å². The Morgan fingerprint density at radius 2 is 1.67 bits per heavy atom. The summed E-state index contributed by atoms with van der Waals surface area (Å²) in [4.78, 5) is 2.45. The van der Waals surface area contributed by atoms with E-state index in [1.165, 1.54) is 25.9 Å². The zero-order valence-electron chi connectivity index (χ0n) is 14.5. The summed E-state index contributed by atoms with van der Waals surface area (Å²) in [6.45, 7) is 4.16. The second-order valence-corrected chi connectivity index (χ2v) is 5.96. The number of para-hydroxylation sites is 1. The van der Waals surface area contributed by atoms with Crippen molar-refractivity contribution >= 4 is 0 Å². The van der Waals surface area contributed by atoms with E-state index >= 15 is 0 Å². The van der Waals surface area contributed by atoms with E-state index in [0.29, 0.717) is 0 Å². The quantitative estimate of drug-likeness (QED) is 0.773. The molecule has 0 unspecified atom stereocenters. The van der Waals surface area contributed by atoms with Crippen molar-refractivity contribution < 1.29 is 14.2 Å². The number of benzene rings is 2. The second kappa shape index (κ2) is 8.06. The molecule has 4 nitrogen and oxygen atoms in total. The highest BCUT2D eigenvalue weighted by Crippen LogP contribution is 2.38. The zero-order valence-corrected chi connectivity index (χ0v) is 14.5. The molecule has 1 aliphatic heterocycles. The van der Waals surface area contributed by atoms with Crippen LogP contribution in [0, 0.1) is 0 Å². The molecule has 0 aliphatic carbocycles. The van der Waals surface area contributed by atoms with Crippen LogP contribution >= 0.6 is 0 Å². The van der Waals surface area contributed by atoms with Gasteiger partial charge in [0.1, 0.15) is 12.4 Å². The Morgan fingerprint density at radius 1 is 0.917 bits per heavy atom. The molecule has 1 fully saturated rings. The molecular formula is C20H25NO3. The summed E-state index contributed by atoms with van der Waals surface area (Å²) in [6, 6.07) is 14.0. The molecule has 0 spiro atoms. The smallest absolute Gasteiger partial charge is 0.168 e. The third-order valence-corrected chi connectivity index (χ3v) is 4.44. The molecular weight excluding hydrogens is 302 g/mol. The van der Waals surface area contributed by atoms with Gasteiger partial charge in [-0.25, -0.2) is 0 Å². The van der Waals surface area contributed by atoms with Crippen LogP contribution in [0.4, 0.5) is 0 Å². The average molecular weight is 327 g/mol. The SMILES string of the molecule is COc1cccc(-c2ccc(OCCN3CCCC3)cc2)c1OC. The molecule has 0 radical (unpaired) electrons. The van der Waals surface area contributed by atoms with E-state index in [1.54, 1.807) is 14.2 Å². The lowest BCUT2D eigenvalue weighted by Crippen LogP contribution is -2.25. The molecule has 0 amide bonds. The first-order valence-electron chi connectivity index (χ1n) is 8.48. The van der Waals surface area contributed by atoms with E-state index in [2.05, 4.69) is 17.0 Å². The molecule has 3 rings (SSSR count). The Balaban J connectivity index is 1.66.